The molecule has 148 valence electrons. The fraction of sp³-hybridized carbons (Fsp3) is 0.450. The molecule has 5 nitrogen and oxygen atoms in total. The number of hydrogen-bond donors (Lipinski definition) is 1. The van der Waals surface area contributed by atoms with E-state index < -0.39 is 18.1 Å². The van der Waals surface area contributed by atoms with Gasteiger partial charge in [-0.15, -0.1) is 0 Å². The second-order valence-corrected chi connectivity index (χ2v) is 7.35. The molecule has 0 bridgehead atoms. The van der Waals surface area contributed by atoms with E-state index in [0.29, 0.717) is 24.3 Å². The van der Waals surface area contributed by atoms with Gasteiger partial charge in [0.05, 0.1) is 6.61 Å². The van der Waals surface area contributed by atoms with Gasteiger partial charge in [-0.3, -0.25) is 9.78 Å². The predicted octanol–water partition coefficient (Wildman–Crippen LogP) is 4.18. The summed E-state index contributed by atoms with van der Waals surface area (Å²) in [5.41, 5.74) is 0.702. The molecule has 2 heterocycles. The summed E-state index contributed by atoms with van der Waals surface area (Å²) in [4.78, 5) is 20.5. The topological polar surface area (TPSA) is 64.1 Å². The number of carbonyl (C=O) groups excluding carboxylic acids is 1. The van der Waals surface area contributed by atoms with E-state index in [1.165, 1.54) is 24.4 Å². The van der Waals surface area contributed by atoms with E-state index in [1.807, 2.05) is 5.32 Å². The van der Waals surface area contributed by atoms with Crippen molar-refractivity contribution < 1.29 is 22.7 Å². The van der Waals surface area contributed by atoms with Crippen molar-refractivity contribution in [2.24, 2.45) is 5.92 Å². The van der Waals surface area contributed by atoms with Crippen LogP contribution in [0.15, 0.2) is 36.7 Å². The number of carbonyl (C=O) groups is 1. The fourth-order valence-electron chi connectivity index (χ4n) is 2.99. The molecular weight excluding hydrogens is 371 g/mol. The minimum absolute atomic E-state index is 0.0895. The molecule has 2 aliphatic carbocycles. The van der Waals surface area contributed by atoms with Crippen LogP contribution in [0.5, 0.6) is 5.88 Å². The summed E-state index contributed by atoms with van der Waals surface area (Å²) in [6.07, 6.45) is 2.09. The Labute approximate surface area is 160 Å². The summed E-state index contributed by atoms with van der Waals surface area (Å²) in [7, 11) is 0. The number of hydrogen-bond acceptors (Lipinski definition) is 4. The van der Waals surface area contributed by atoms with Gasteiger partial charge in [0.15, 0.2) is 6.04 Å². The number of nitrogens with zero attached hydrogens (tertiary/aromatic N) is 2. The second kappa shape index (κ2) is 7.41. The Kier molecular flexibility index (Phi) is 4.95. The molecule has 28 heavy (non-hydrogen) atoms. The van der Waals surface area contributed by atoms with Gasteiger partial charge in [-0.25, -0.2) is 4.98 Å². The zero-order chi connectivity index (χ0) is 19.7. The maximum absolute atomic E-state index is 13.5. The third-order valence-electron chi connectivity index (χ3n) is 4.91. The van der Waals surface area contributed by atoms with Gasteiger partial charge in [-0.2, -0.15) is 13.2 Å². The summed E-state index contributed by atoms with van der Waals surface area (Å²) in [6.45, 7) is 0.526. The van der Waals surface area contributed by atoms with Crippen molar-refractivity contribution in [2.75, 3.05) is 6.61 Å². The predicted molar refractivity (Wildman–Crippen MR) is 94.9 cm³/mol. The Balaban J connectivity index is 1.55. The number of aromatic nitrogens is 2. The first-order chi connectivity index (χ1) is 13.4. The fourth-order valence-corrected chi connectivity index (χ4v) is 2.99. The molecule has 2 aromatic rings. The zero-order valence-corrected chi connectivity index (χ0v) is 15.1. The number of ether oxygens (including phenoxy) is 1. The Hall–Kier alpha value is -2.64. The first kappa shape index (κ1) is 18.7. The van der Waals surface area contributed by atoms with Gasteiger partial charge in [0.1, 0.15) is 5.69 Å². The standard InChI is InChI=1S/C20H20F3N3O2/c21-20(22,23)17(14-2-1-9-24-10-14)26-18(27)16-8-7-15(13-5-6-13)19(25-16)28-11-12-3-4-12/h1-2,7-10,12-13,17H,3-6,11H2,(H,26,27). The third-order valence-corrected chi connectivity index (χ3v) is 4.91. The van der Waals surface area contributed by atoms with Gasteiger partial charge in [-0.05, 0) is 49.7 Å². The van der Waals surface area contributed by atoms with E-state index in [-0.39, 0.29) is 11.3 Å². The van der Waals surface area contributed by atoms with Crippen molar-refractivity contribution in [2.45, 2.75) is 43.8 Å². The van der Waals surface area contributed by atoms with Crippen molar-refractivity contribution in [3.63, 3.8) is 0 Å². The van der Waals surface area contributed by atoms with Crippen molar-refractivity contribution in [1.82, 2.24) is 15.3 Å². The molecule has 1 amide bonds. The van der Waals surface area contributed by atoms with Gasteiger partial charge in [0.25, 0.3) is 5.91 Å². The summed E-state index contributed by atoms with van der Waals surface area (Å²) in [5, 5.41) is 2.04. The number of pyridine rings is 2. The molecule has 0 spiro atoms. The highest BCUT2D eigenvalue weighted by Gasteiger charge is 2.42. The largest absolute Gasteiger partial charge is 0.477 e. The van der Waals surface area contributed by atoms with Crippen LogP contribution in [0.1, 0.15) is 59.3 Å². The number of amides is 1. The molecule has 2 fully saturated rings. The van der Waals surface area contributed by atoms with Gasteiger partial charge in [0.2, 0.25) is 5.88 Å². The molecule has 0 radical (unpaired) electrons. The monoisotopic (exact) mass is 391 g/mol. The van der Waals surface area contributed by atoms with Gasteiger partial charge < -0.3 is 10.1 Å². The summed E-state index contributed by atoms with van der Waals surface area (Å²) >= 11 is 0. The van der Waals surface area contributed by atoms with Gasteiger partial charge in [-0.1, -0.05) is 12.1 Å². The zero-order valence-electron chi connectivity index (χ0n) is 15.1. The van der Waals surface area contributed by atoms with E-state index in [9.17, 15) is 18.0 Å². The SMILES string of the molecule is O=C(NC(c1cccnc1)C(F)(F)F)c1ccc(C2CC2)c(OCC2CC2)n1. The number of rotatable bonds is 7. The second-order valence-electron chi connectivity index (χ2n) is 7.35. The quantitative estimate of drug-likeness (QED) is 0.769. The van der Waals surface area contributed by atoms with Crippen molar-refractivity contribution in [3.8, 4) is 5.88 Å². The molecular formula is C20H20F3N3O2. The highest BCUT2D eigenvalue weighted by molar-refractivity contribution is 5.92. The number of alkyl halides is 3. The first-order valence-corrected chi connectivity index (χ1v) is 9.33. The number of halogens is 3. The maximum atomic E-state index is 13.5. The third kappa shape index (κ3) is 4.43. The average molecular weight is 391 g/mol. The van der Waals surface area contributed by atoms with Crippen LogP contribution in [0.2, 0.25) is 0 Å². The van der Waals surface area contributed by atoms with Crippen LogP contribution in [0.4, 0.5) is 13.2 Å². The van der Waals surface area contributed by atoms with E-state index in [4.69, 9.17) is 4.74 Å². The van der Waals surface area contributed by atoms with Crippen LogP contribution < -0.4 is 10.1 Å². The average Bonchev–Trinajstić information content (AvgIpc) is 3.57. The lowest BCUT2D eigenvalue weighted by molar-refractivity contribution is -0.155. The number of nitrogens with one attached hydrogen (secondary N) is 1. The van der Waals surface area contributed by atoms with Crippen LogP contribution in [-0.4, -0.2) is 28.7 Å². The van der Waals surface area contributed by atoms with E-state index >= 15 is 0 Å². The van der Waals surface area contributed by atoms with Crippen LogP contribution in [-0.2, 0) is 0 Å². The Morgan fingerprint density at radius 2 is 2.00 bits per heavy atom. The molecule has 2 saturated carbocycles. The Morgan fingerprint density at radius 3 is 2.61 bits per heavy atom. The normalized spacial score (nSPS) is 17.8. The molecule has 1 N–H and O–H groups in total. The molecule has 0 aromatic carbocycles. The van der Waals surface area contributed by atoms with Crippen LogP contribution >= 0.6 is 0 Å². The lowest BCUT2D eigenvalue weighted by Gasteiger charge is -2.21. The van der Waals surface area contributed by atoms with Crippen LogP contribution in [0, 0.1) is 5.92 Å². The molecule has 2 aliphatic rings. The molecule has 2 aromatic heterocycles. The molecule has 8 heteroatoms. The van der Waals surface area contributed by atoms with Crippen LogP contribution in [0.25, 0.3) is 0 Å². The molecule has 1 atom stereocenters. The summed E-state index contributed by atoms with van der Waals surface area (Å²) in [6, 6.07) is 3.72. The Bertz CT molecular complexity index is 850. The molecule has 1 unspecified atom stereocenters. The smallest absolute Gasteiger partial charge is 0.412 e. The van der Waals surface area contributed by atoms with E-state index in [1.54, 1.807) is 6.07 Å². The van der Waals surface area contributed by atoms with Gasteiger partial charge >= 0.3 is 6.18 Å². The highest BCUT2D eigenvalue weighted by atomic mass is 19.4. The molecule has 0 saturated heterocycles. The Morgan fingerprint density at radius 1 is 1.21 bits per heavy atom. The lowest BCUT2D eigenvalue weighted by Crippen LogP contribution is -2.38. The van der Waals surface area contributed by atoms with E-state index in [0.717, 1.165) is 37.4 Å². The van der Waals surface area contributed by atoms with Gasteiger partial charge in [0, 0.05) is 23.5 Å². The summed E-state index contributed by atoms with van der Waals surface area (Å²) in [5.74, 6) is 0.334. The highest BCUT2D eigenvalue weighted by Crippen LogP contribution is 2.44. The molecule has 4 rings (SSSR count). The van der Waals surface area contributed by atoms with Crippen LogP contribution in [0.3, 0.4) is 0 Å². The van der Waals surface area contributed by atoms with Crippen molar-refractivity contribution in [3.05, 3.63) is 53.5 Å². The van der Waals surface area contributed by atoms with Crippen molar-refractivity contribution in [1.29, 1.82) is 0 Å². The minimum atomic E-state index is -4.65. The maximum Gasteiger partial charge on any atom is 0.412 e. The molecule has 0 aliphatic heterocycles. The van der Waals surface area contributed by atoms with Crippen molar-refractivity contribution >= 4 is 5.91 Å². The lowest BCUT2D eigenvalue weighted by atomic mass is 10.1. The summed E-state index contributed by atoms with van der Waals surface area (Å²) < 4.78 is 46.2. The first-order valence-electron chi connectivity index (χ1n) is 9.33. The minimum Gasteiger partial charge on any atom is -0.477 e. The van der Waals surface area contributed by atoms with E-state index in [2.05, 4.69) is 9.97 Å².